The summed E-state index contributed by atoms with van der Waals surface area (Å²) in [6.07, 6.45) is 1.41. The van der Waals surface area contributed by atoms with Gasteiger partial charge in [-0.15, -0.1) is 0 Å². The molecule has 1 aliphatic rings. The first-order valence-corrected chi connectivity index (χ1v) is 7.92. The van der Waals surface area contributed by atoms with Crippen molar-refractivity contribution >= 4 is 31.6 Å². The number of hydrogen-bond donors (Lipinski definition) is 2. The normalized spacial score (nSPS) is 17.8. The smallest absolute Gasteiger partial charge is 0.240 e. The van der Waals surface area contributed by atoms with Gasteiger partial charge in [-0.1, -0.05) is 0 Å². The molecule has 0 aromatic heterocycles. The highest BCUT2D eigenvalue weighted by molar-refractivity contribution is 9.10. The molecule has 7 heteroatoms. The number of nitrogen functional groups attached to an aromatic ring is 1. The molecule has 0 unspecified atom stereocenters. The van der Waals surface area contributed by atoms with E-state index < -0.39 is 10.0 Å². The maximum absolute atomic E-state index is 12.2. The van der Waals surface area contributed by atoms with Crippen LogP contribution in [0.2, 0.25) is 0 Å². The second-order valence-electron chi connectivity index (χ2n) is 4.19. The van der Waals surface area contributed by atoms with Crippen molar-refractivity contribution in [1.29, 1.82) is 0 Å². The lowest BCUT2D eigenvalue weighted by molar-refractivity contribution is 0.0832. The van der Waals surface area contributed by atoms with Crippen LogP contribution in [0.3, 0.4) is 0 Å². The van der Waals surface area contributed by atoms with Crippen LogP contribution in [0.5, 0.6) is 0 Å². The predicted octanol–water partition coefficient (Wildman–Crippen LogP) is 1.49. The van der Waals surface area contributed by atoms with E-state index in [2.05, 4.69) is 20.7 Å². The number of sulfonamides is 1. The Bertz CT molecular complexity index is 527. The van der Waals surface area contributed by atoms with Gasteiger partial charge >= 0.3 is 0 Å². The van der Waals surface area contributed by atoms with E-state index in [1.54, 1.807) is 6.07 Å². The highest BCUT2D eigenvalue weighted by Gasteiger charge is 2.22. The van der Waals surface area contributed by atoms with Crippen molar-refractivity contribution < 1.29 is 13.2 Å². The van der Waals surface area contributed by atoms with Crippen LogP contribution >= 0.6 is 15.9 Å². The molecule has 1 aliphatic heterocycles. The van der Waals surface area contributed by atoms with Crippen LogP contribution in [0, 0.1) is 0 Å². The van der Waals surface area contributed by atoms with Crippen LogP contribution < -0.4 is 10.5 Å². The van der Waals surface area contributed by atoms with Gasteiger partial charge in [0.25, 0.3) is 0 Å². The van der Waals surface area contributed by atoms with E-state index in [0.29, 0.717) is 36.2 Å². The molecule has 3 N–H and O–H groups in total. The molecule has 1 heterocycles. The molecule has 0 radical (unpaired) electrons. The Balaban J connectivity index is 2.16. The predicted molar refractivity (Wildman–Crippen MR) is 72.7 cm³/mol. The molecule has 0 spiro atoms. The summed E-state index contributed by atoms with van der Waals surface area (Å²) in [7, 11) is -3.49. The molecule has 18 heavy (non-hydrogen) atoms. The van der Waals surface area contributed by atoms with Crippen LogP contribution in [-0.2, 0) is 14.8 Å². The van der Waals surface area contributed by atoms with Gasteiger partial charge in [0.1, 0.15) is 0 Å². The molecule has 0 aliphatic carbocycles. The lowest BCUT2D eigenvalue weighted by atomic mass is 10.1. The summed E-state index contributed by atoms with van der Waals surface area (Å²) in [5, 5.41) is 0. The summed E-state index contributed by atoms with van der Waals surface area (Å²) in [4.78, 5) is 0.218. The molecule has 0 saturated carbocycles. The van der Waals surface area contributed by atoms with Crippen molar-refractivity contribution in [3.63, 3.8) is 0 Å². The van der Waals surface area contributed by atoms with Crippen molar-refractivity contribution in [2.45, 2.75) is 23.8 Å². The van der Waals surface area contributed by atoms with Gasteiger partial charge in [-0.2, -0.15) is 0 Å². The van der Waals surface area contributed by atoms with Crippen molar-refractivity contribution in [2.24, 2.45) is 0 Å². The second kappa shape index (κ2) is 5.56. The van der Waals surface area contributed by atoms with Gasteiger partial charge in [0, 0.05) is 29.4 Å². The van der Waals surface area contributed by atoms with Crippen molar-refractivity contribution in [1.82, 2.24) is 4.72 Å². The molecule has 0 atom stereocenters. The first-order chi connectivity index (χ1) is 8.49. The van der Waals surface area contributed by atoms with Gasteiger partial charge in [-0.25, -0.2) is 13.1 Å². The van der Waals surface area contributed by atoms with E-state index >= 15 is 0 Å². The Hall–Kier alpha value is -0.630. The van der Waals surface area contributed by atoms with E-state index in [0.717, 1.165) is 0 Å². The molecule has 1 saturated heterocycles. The monoisotopic (exact) mass is 334 g/mol. The van der Waals surface area contributed by atoms with E-state index in [1.165, 1.54) is 12.1 Å². The van der Waals surface area contributed by atoms with E-state index in [1.807, 2.05) is 0 Å². The number of nitrogens with one attached hydrogen (secondary N) is 1. The SMILES string of the molecule is Nc1ccc(S(=O)(=O)NC2CCOCC2)cc1Br. The van der Waals surface area contributed by atoms with Gasteiger partial charge in [0.2, 0.25) is 10.0 Å². The quantitative estimate of drug-likeness (QED) is 0.820. The van der Waals surface area contributed by atoms with Crippen LogP contribution in [0.15, 0.2) is 27.6 Å². The lowest BCUT2D eigenvalue weighted by Crippen LogP contribution is -2.38. The van der Waals surface area contributed by atoms with Crippen molar-refractivity contribution in [3.05, 3.63) is 22.7 Å². The summed E-state index contributed by atoms with van der Waals surface area (Å²) in [6, 6.07) is 4.53. The number of benzene rings is 1. The highest BCUT2D eigenvalue weighted by Crippen LogP contribution is 2.23. The number of ether oxygens (including phenoxy) is 1. The topological polar surface area (TPSA) is 81.4 Å². The molecule has 1 aromatic carbocycles. The fourth-order valence-corrected chi connectivity index (χ4v) is 3.64. The minimum Gasteiger partial charge on any atom is -0.398 e. The Morgan fingerprint density at radius 3 is 2.61 bits per heavy atom. The van der Waals surface area contributed by atoms with Gasteiger partial charge in [-0.05, 0) is 47.0 Å². The fraction of sp³-hybridized carbons (Fsp3) is 0.455. The Morgan fingerprint density at radius 2 is 2.00 bits per heavy atom. The largest absolute Gasteiger partial charge is 0.398 e. The molecule has 1 aromatic rings. The zero-order valence-electron chi connectivity index (χ0n) is 9.73. The zero-order valence-corrected chi connectivity index (χ0v) is 12.1. The Kier molecular flexibility index (Phi) is 4.26. The first-order valence-electron chi connectivity index (χ1n) is 5.64. The molecule has 2 rings (SSSR count). The zero-order chi connectivity index (χ0) is 13.2. The number of halogens is 1. The highest BCUT2D eigenvalue weighted by atomic mass is 79.9. The van der Waals surface area contributed by atoms with Gasteiger partial charge < -0.3 is 10.5 Å². The van der Waals surface area contributed by atoms with Gasteiger partial charge in [0.15, 0.2) is 0 Å². The van der Waals surface area contributed by atoms with Gasteiger partial charge in [0.05, 0.1) is 4.90 Å². The molecule has 100 valence electrons. The maximum atomic E-state index is 12.2. The van der Waals surface area contributed by atoms with E-state index in [4.69, 9.17) is 10.5 Å². The number of nitrogens with two attached hydrogens (primary N) is 1. The fourth-order valence-electron chi connectivity index (χ4n) is 1.78. The average molecular weight is 335 g/mol. The molecular formula is C11H15BrN2O3S. The van der Waals surface area contributed by atoms with Crippen molar-refractivity contribution in [2.75, 3.05) is 18.9 Å². The van der Waals surface area contributed by atoms with Crippen LogP contribution in [0.4, 0.5) is 5.69 Å². The van der Waals surface area contributed by atoms with Crippen molar-refractivity contribution in [3.8, 4) is 0 Å². The number of anilines is 1. The average Bonchev–Trinajstić information content (AvgIpc) is 2.33. The van der Waals surface area contributed by atoms with E-state index in [9.17, 15) is 8.42 Å². The molecular weight excluding hydrogens is 320 g/mol. The van der Waals surface area contributed by atoms with Crippen LogP contribution in [-0.4, -0.2) is 27.7 Å². The molecule has 0 amide bonds. The summed E-state index contributed by atoms with van der Waals surface area (Å²) in [5.74, 6) is 0. The Morgan fingerprint density at radius 1 is 1.33 bits per heavy atom. The molecule has 5 nitrogen and oxygen atoms in total. The summed E-state index contributed by atoms with van der Waals surface area (Å²) in [6.45, 7) is 1.19. The lowest BCUT2D eigenvalue weighted by Gasteiger charge is -2.23. The summed E-state index contributed by atoms with van der Waals surface area (Å²) >= 11 is 3.23. The second-order valence-corrected chi connectivity index (χ2v) is 6.76. The first kappa shape index (κ1) is 13.8. The number of rotatable bonds is 3. The van der Waals surface area contributed by atoms with E-state index in [-0.39, 0.29) is 10.9 Å². The third-order valence-corrected chi connectivity index (χ3v) is 5.03. The van der Waals surface area contributed by atoms with Crippen LogP contribution in [0.25, 0.3) is 0 Å². The summed E-state index contributed by atoms with van der Waals surface area (Å²) < 4.78 is 32.8. The third kappa shape index (κ3) is 3.23. The number of hydrogen-bond acceptors (Lipinski definition) is 4. The molecule has 1 fully saturated rings. The minimum absolute atomic E-state index is 0.0555. The van der Waals surface area contributed by atoms with Gasteiger partial charge in [-0.3, -0.25) is 0 Å². The minimum atomic E-state index is -3.49. The Labute approximate surface area is 115 Å². The molecule has 0 bridgehead atoms. The maximum Gasteiger partial charge on any atom is 0.240 e. The third-order valence-electron chi connectivity index (χ3n) is 2.83. The standard InChI is InChI=1S/C11H15BrN2O3S/c12-10-7-9(1-2-11(10)13)18(15,16)14-8-3-5-17-6-4-8/h1-2,7-8,14H,3-6,13H2. The summed E-state index contributed by atoms with van der Waals surface area (Å²) in [5.41, 5.74) is 6.15. The van der Waals surface area contributed by atoms with Crippen LogP contribution in [0.1, 0.15) is 12.8 Å².